The van der Waals surface area contributed by atoms with E-state index < -0.39 is 17.6 Å². The zero-order valence-electron chi connectivity index (χ0n) is 9.47. The summed E-state index contributed by atoms with van der Waals surface area (Å²) in [6.45, 7) is 0. The van der Waals surface area contributed by atoms with Crippen molar-refractivity contribution < 1.29 is 23.1 Å². The van der Waals surface area contributed by atoms with E-state index in [0.29, 0.717) is 0 Å². The van der Waals surface area contributed by atoms with Gasteiger partial charge in [-0.3, -0.25) is 4.79 Å². The van der Waals surface area contributed by atoms with E-state index in [4.69, 9.17) is 9.52 Å². The van der Waals surface area contributed by atoms with Gasteiger partial charge in [0.25, 0.3) is 5.22 Å². The summed E-state index contributed by atoms with van der Waals surface area (Å²) in [5.74, 6) is -3.04. The molecule has 100 valence electrons. The van der Waals surface area contributed by atoms with E-state index in [-0.39, 0.29) is 28.9 Å². The molecule has 0 aliphatic heterocycles. The van der Waals surface area contributed by atoms with Gasteiger partial charge >= 0.3 is 5.97 Å². The molecule has 2 rings (SSSR count). The minimum Gasteiger partial charge on any atom is -0.481 e. The smallest absolute Gasteiger partial charge is 0.314 e. The molecule has 19 heavy (non-hydrogen) atoms. The van der Waals surface area contributed by atoms with E-state index in [0.717, 1.165) is 17.8 Å². The summed E-state index contributed by atoms with van der Waals surface area (Å²) in [4.78, 5) is 10.4. The molecule has 0 amide bonds. The Morgan fingerprint density at radius 3 is 2.89 bits per heavy atom. The Labute approximate surface area is 110 Å². The second-order valence-corrected chi connectivity index (χ2v) is 4.46. The fourth-order valence-electron chi connectivity index (χ4n) is 1.34. The van der Waals surface area contributed by atoms with Gasteiger partial charge in [0.2, 0.25) is 5.89 Å². The molecule has 8 heteroatoms. The maximum atomic E-state index is 13.4. The Hall–Kier alpha value is -1.96. The van der Waals surface area contributed by atoms with Gasteiger partial charge in [-0.15, -0.1) is 10.2 Å². The Morgan fingerprint density at radius 2 is 2.16 bits per heavy atom. The van der Waals surface area contributed by atoms with Crippen LogP contribution in [0.3, 0.4) is 0 Å². The third-order valence-corrected chi connectivity index (χ3v) is 2.94. The van der Waals surface area contributed by atoms with E-state index in [9.17, 15) is 13.6 Å². The van der Waals surface area contributed by atoms with Crippen LogP contribution < -0.4 is 0 Å². The second kappa shape index (κ2) is 5.79. The summed E-state index contributed by atoms with van der Waals surface area (Å²) in [7, 11) is 0. The molecule has 1 aromatic heterocycles. The number of halogens is 2. The highest BCUT2D eigenvalue weighted by molar-refractivity contribution is 7.99. The predicted octanol–water partition coefficient (Wildman–Crippen LogP) is 2.12. The van der Waals surface area contributed by atoms with Gasteiger partial charge < -0.3 is 9.52 Å². The standard InChI is InChI=1S/C11H8F2N2O3S/c12-7-3-1-2-6(10(7)13)4-8-14-15-11(18-8)19-5-9(16)17/h1-3H,4-5H2,(H,16,17). The molecule has 0 aliphatic carbocycles. The van der Waals surface area contributed by atoms with Crippen molar-refractivity contribution in [3.63, 3.8) is 0 Å². The number of thioether (sulfide) groups is 1. The van der Waals surface area contributed by atoms with Crippen LogP contribution in [0.4, 0.5) is 8.78 Å². The highest BCUT2D eigenvalue weighted by atomic mass is 32.2. The minimum atomic E-state index is -1.01. The van der Waals surface area contributed by atoms with Crippen molar-refractivity contribution in [3.8, 4) is 0 Å². The van der Waals surface area contributed by atoms with E-state index in [1.807, 2.05) is 0 Å². The number of nitrogens with zero attached hydrogens (tertiary/aromatic N) is 2. The van der Waals surface area contributed by atoms with E-state index in [2.05, 4.69) is 10.2 Å². The predicted molar refractivity (Wildman–Crippen MR) is 61.8 cm³/mol. The maximum Gasteiger partial charge on any atom is 0.314 e. The topological polar surface area (TPSA) is 76.2 Å². The first kappa shape index (κ1) is 13.5. The molecule has 0 atom stereocenters. The van der Waals surface area contributed by atoms with Crippen LogP contribution in [-0.4, -0.2) is 27.0 Å². The average Bonchev–Trinajstić information content (AvgIpc) is 2.80. The molecule has 0 spiro atoms. The van der Waals surface area contributed by atoms with Gasteiger partial charge in [-0.2, -0.15) is 0 Å². The zero-order valence-corrected chi connectivity index (χ0v) is 10.3. The highest BCUT2D eigenvalue weighted by Crippen LogP contribution is 2.19. The van der Waals surface area contributed by atoms with Crippen molar-refractivity contribution in [1.29, 1.82) is 0 Å². The molecule has 0 saturated heterocycles. The Balaban J connectivity index is 2.07. The molecule has 1 aromatic carbocycles. The Kier molecular flexibility index (Phi) is 4.10. The van der Waals surface area contributed by atoms with Crippen LogP contribution in [0.1, 0.15) is 11.5 Å². The number of benzene rings is 1. The van der Waals surface area contributed by atoms with Crippen molar-refractivity contribution in [2.45, 2.75) is 11.6 Å². The Morgan fingerprint density at radius 1 is 1.37 bits per heavy atom. The van der Waals surface area contributed by atoms with Crippen LogP contribution >= 0.6 is 11.8 Å². The normalized spacial score (nSPS) is 10.6. The fourth-order valence-corrected chi connectivity index (χ4v) is 1.84. The summed E-state index contributed by atoms with van der Waals surface area (Å²) < 4.78 is 31.5. The molecule has 0 unspecified atom stereocenters. The van der Waals surface area contributed by atoms with E-state index in [1.165, 1.54) is 12.1 Å². The lowest BCUT2D eigenvalue weighted by Gasteiger charge is -1.99. The van der Waals surface area contributed by atoms with Crippen LogP contribution in [0, 0.1) is 11.6 Å². The number of carboxylic acid groups (broad SMARTS) is 1. The zero-order chi connectivity index (χ0) is 13.8. The van der Waals surface area contributed by atoms with Crippen molar-refractivity contribution in [1.82, 2.24) is 10.2 Å². The van der Waals surface area contributed by atoms with Gasteiger partial charge in [0, 0.05) is 5.56 Å². The van der Waals surface area contributed by atoms with Gasteiger partial charge in [-0.05, 0) is 6.07 Å². The number of carbonyl (C=O) groups is 1. The fraction of sp³-hybridized carbons (Fsp3) is 0.182. The van der Waals surface area contributed by atoms with Crippen LogP contribution in [0.25, 0.3) is 0 Å². The van der Waals surface area contributed by atoms with Crippen LogP contribution in [0.15, 0.2) is 27.8 Å². The minimum absolute atomic E-state index is 0.0514. The van der Waals surface area contributed by atoms with Crippen molar-refractivity contribution in [2.24, 2.45) is 0 Å². The number of rotatable bonds is 5. The molecule has 0 radical (unpaired) electrons. The largest absolute Gasteiger partial charge is 0.481 e. The lowest BCUT2D eigenvalue weighted by atomic mass is 10.1. The maximum absolute atomic E-state index is 13.4. The van der Waals surface area contributed by atoms with Gasteiger partial charge in [0.05, 0.1) is 6.42 Å². The molecular weight excluding hydrogens is 278 g/mol. The summed E-state index contributed by atoms with van der Waals surface area (Å²) >= 11 is 0.860. The first-order valence-electron chi connectivity index (χ1n) is 5.16. The lowest BCUT2D eigenvalue weighted by Crippen LogP contribution is -1.97. The van der Waals surface area contributed by atoms with Gasteiger partial charge in [0.15, 0.2) is 11.6 Å². The molecule has 1 heterocycles. The molecule has 1 N–H and O–H groups in total. The van der Waals surface area contributed by atoms with Crippen molar-refractivity contribution >= 4 is 17.7 Å². The van der Waals surface area contributed by atoms with Gasteiger partial charge in [0.1, 0.15) is 5.75 Å². The van der Waals surface area contributed by atoms with E-state index in [1.54, 1.807) is 0 Å². The number of hydrogen-bond donors (Lipinski definition) is 1. The first-order chi connectivity index (χ1) is 9.06. The van der Waals surface area contributed by atoms with Gasteiger partial charge in [-0.25, -0.2) is 8.78 Å². The average molecular weight is 286 g/mol. The van der Waals surface area contributed by atoms with Crippen LogP contribution in [-0.2, 0) is 11.2 Å². The second-order valence-electron chi connectivity index (χ2n) is 3.53. The number of aliphatic carboxylic acids is 1. The molecular formula is C11H8F2N2O3S. The van der Waals surface area contributed by atoms with Crippen molar-refractivity contribution in [2.75, 3.05) is 5.75 Å². The first-order valence-corrected chi connectivity index (χ1v) is 6.14. The SMILES string of the molecule is O=C(O)CSc1nnc(Cc2cccc(F)c2F)o1. The number of carboxylic acids is 1. The van der Waals surface area contributed by atoms with E-state index >= 15 is 0 Å². The highest BCUT2D eigenvalue weighted by Gasteiger charge is 2.13. The summed E-state index contributed by atoms with van der Waals surface area (Å²) in [5.41, 5.74) is 0.0958. The monoisotopic (exact) mass is 286 g/mol. The van der Waals surface area contributed by atoms with Crippen molar-refractivity contribution in [3.05, 3.63) is 41.3 Å². The number of aromatic nitrogens is 2. The molecule has 0 saturated carbocycles. The molecule has 0 bridgehead atoms. The molecule has 0 fully saturated rings. The lowest BCUT2D eigenvalue weighted by molar-refractivity contribution is -0.133. The molecule has 2 aromatic rings. The third-order valence-electron chi connectivity index (χ3n) is 2.14. The third kappa shape index (κ3) is 3.50. The molecule has 0 aliphatic rings. The van der Waals surface area contributed by atoms with Crippen LogP contribution in [0.5, 0.6) is 0 Å². The summed E-state index contributed by atoms with van der Waals surface area (Å²) in [6, 6.07) is 3.80. The summed E-state index contributed by atoms with van der Waals surface area (Å²) in [6.07, 6.45) is -0.0514. The summed E-state index contributed by atoms with van der Waals surface area (Å²) in [5, 5.41) is 15.8. The molecule has 5 nitrogen and oxygen atoms in total. The number of hydrogen-bond acceptors (Lipinski definition) is 5. The quantitative estimate of drug-likeness (QED) is 0.848. The Bertz CT molecular complexity index is 603. The van der Waals surface area contributed by atoms with Crippen LogP contribution in [0.2, 0.25) is 0 Å². The van der Waals surface area contributed by atoms with Gasteiger partial charge in [-0.1, -0.05) is 23.9 Å².